The Morgan fingerprint density at radius 2 is 1.89 bits per heavy atom. The summed E-state index contributed by atoms with van der Waals surface area (Å²) in [6, 6.07) is 0. The maximum absolute atomic E-state index is 13.4. The molecule has 35 heavy (non-hydrogen) atoms. The molecular formula is C27H38N2O6. The lowest BCUT2D eigenvalue weighted by Gasteiger charge is -2.61. The normalized spacial score (nSPS) is 41.1. The zero-order chi connectivity index (χ0) is 26.1. The number of ether oxygens (including phenoxy) is 1. The Labute approximate surface area is 206 Å². The van der Waals surface area contributed by atoms with E-state index in [4.69, 9.17) is 10.5 Å². The standard InChI is InChI=1S/C27H38N2O6/c1-7-25(4)12-17(35-18(31)13-29(6)20-19(28)21(32)22(20)33)26(5)14(2)8-10-27(15(3)24(25)34)11-9-16(30)23(26)27/h7,14-15,17,23-24,34H,1,8-13,28H2,2-6H3/t14-,15+,17-,23+,24+,25-,26+,27+/m1/s1. The van der Waals surface area contributed by atoms with E-state index in [0.29, 0.717) is 12.8 Å². The van der Waals surface area contributed by atoms with Gasteiger partial charge in [-0.1, -0.05) is 33.8 Å². The topological polar surface area (TPSA) is 127 Å². The number of nitrogens with zero attached hydrogens (tertiary/aromatic N) is 1. The van der Waals surface area contributed by atoms with E-state index >= 15 is 0 Å². The van der Waals surface area contributed by atoms with Crippen LogP contribution in [0.1, 0.15) is 59.8 Å². The third-order valence-corrected chi connectivity index (χ3v) is 10.2. The van der Waals surface area contributed by atoms with Crippen LogP contribution in [0.4, 0.5) is 11.4 Å². The summed E-state index contributed by atoms with van der Waals surface area (Å²) in [7, 11) is 1.52. The highest BCUT2D eigenvalue weighted by Crippen LogP contribution is 2.67. The van der Waals surface area contributed by atoms with Gasteiger partial charge in [0.1, 0.15) is 29.8 Å². The Bertz CT molecular complexity index is 1140. The number of Topliss-reactive ketones (excluding diaryl/α,β-unsaturated/α-hetero) is 1. The maximum atomic E-state index is 13.4. The van der Waals surface area contributed by atoms with Gasteiger partial charge in [-0.25, -0.2) is 0 Å². The number of likely N-dealkylation sites (N-methyl/N-ethyl adjacent to an activating group) is 1. The molecule has 0 aliphatic heterocycles. The molecule has 8 nitrogen and oxygen atoms in total. The Balaban J connectivity index is 1.72. The van der Waals surface area contributed by atoms with E-state index in [1.807, 2.05) is 6.92 Å². The molecule has 192 valence electrons. The summed E-state index contributed by atoms with van der Waals surface area (Å²) in [5.74, 6) is -0.672. The minimum absolute atomic E-state index is 0.0204. The summed E-state index contributed by atoms with van der Waals surface area (Å²) < 4.78 is 6.16. The molecule has 8 atom stereocenters. The number of carbonyl (C=O) groups is 2. The van der Waals surface area contributed by atoms with Crippen molar-refractivity contribution in [2.24, 2.45) is 34.0 Å². The number of hydrogen-bond donors (Lipinski definition) is 2. The fraction of sp³-hybridized carbons (Fsp3) is 0.704. The predicted molar refractivity (Wildman–Crippen MR) is 134 cm³/mol. The summed E-state index contributed by atoms with van der Waals surface area (Å²) in [6.45, 7) is 11.9. The van der Waals surface area contributed by atoms with Crippen LogP contribution in [0, 0.1) is 34.0 Å². The highest BCUT2D eigenvalue weighted by atomic mass is 16.5. The molecule has 3 fully saturated rings. The molecule has 3 N–H and O–H groups in total. The lowest BCUT2D eigenvalue weighted by molar-refractivity contribution is -0.206. The van der Waals surface area contributed by atoms with Gasteiger partial charge >= 0.3 is 5.97 Å². The minimum atomic E-state index is -0.746. The molecule has 1 aromatic carbocycles. The number of hydrogen-bond acceptors (Lipinski definition) is 8. The van der Waals surface area contributed by atoms with E-state index in [2.05, 4.69) is 27.4 Å². The van der Waals surface area contributed by atoms with Crippen molar-refractivity contribution < 1.29 is 19.4 Å². The van der Waals surface area contributed by atoms with E-state index in [9.17, 15) is 24.3 Å². The van der Waals surface area contributed by atoms with E-state index in [1.54, 1.807) is 6.08 Å². The Kier molecular flexibility index (Phi) is 6.06. The van der Waals surface area contributed by atoms with Crippen LogP contribution in [-0.2, 0) is 14.3 Å². The van der Waals surface area contributed by atoms with Crippen LogP contribution in [0.3, 0.4) is 0 Å². The Morgan fingerprint density at radius 1 is 1.23 bits per heavy atom. The number of aliphatic hydroxyl groups is 1. The third-order valence-electron chi connectivity index (χ3n) is 10.2. The minimum Gasteiger partial charge on any atom is -0.460 e. The van der Waals surface area contributed by atoms with Gasteiger partial charge in [-0.15, -0.1) is 6.58 Å². The number of nitrogens with two attached hydrogens (primary N) is 1. The van der Waals surface area contributed by atoms with Gasteiger partial charge in [0.25, 0.3) is 10.9 Å². The molecule has 0 heterocycles. The van der Waals surface area contributed by atoms with Crippen molar-refractivity contribution >= 4 is 23.1 Å². The number of nitrogen functional groups attached to an aromatic ring is 1. The lowest BCUT2D eigenvalue weighted by Crippen LogP contribution is -2.63. The fourth-order valence-corrected chi connectivity index (χ4v) is 7.75. The van der Waals surface area contributed by atoms with Gasteiger partial charge in [0.05, 0.1) is 6.10 Å². The van der Waals surface area contributed by atoms with Gasteiger partial charge < -0.3 is 20.5 Å². The quantitative estimate of drug-likeness (QED) is 0.368. The molecule has 3 aliphatic rings. The zero-order valence-corrected chi connectivity index (χ0v) is 21.4. The SMILES string of the molecule is C=C[C@]1(C)C[C@@H](OC(=O)CN(C)c2c(N)c(=O)c2=O)[C@]2(C)[C@H](C)CC[C@]3(CCC(=O)[C@H]32)[C@@H](C)[C@@H]1O. The fourth-order valence-electron chi connectivity index (χ4n) is 7.75. The molecule has 0 spiro atoms. The van der Waals surface area contributed by atoms with E-state index < -0.39 is 39.9 Å². The summed E-state index contributed by atoms with van der Waals surface area (Å²) in [5, 5.41) is 11.6. The van der Waals surface area contributed by atoms with Crippen LogP contribution in [0.2, 0.25) is 0 Å². The van der Waals surface area contributed by atoms with Crippen molar-refractivity contribution in [3.8, 4) is 0 Å². The third kappa shape index (κ3) is 3.43. The maximum Gasteiger partial charge on any atom is 0.325 e. The van der Waals surface area contributed by atoms with Crippen molar-refractivity contribution in [1.29, 1.82) is 0 Å². The predicted octanol–water partition coefficient (Wildman–Crippen LogP) is 2.21. The average Bonchev–Trinajstić information content (AvgIpc) is 3.17. The molecule has 0 saturated heterocycles. The molecule has 0 unspecified atom stereocenters. The van der Waals surface area contributed by atoms with Crippen LogP contribution < -0.4 is 21.5 Å². The highest BCUT2D eigenvalue weighted by Gasteiger charge is 2.68. The first kappa shape index (κ1) is 25.6. The average molecular weight is 487 g/mol. The van der Waals surface area contributed by atoms with Crippen LogP contribution in [0.15, 0.2) is 22.2 Å². The first-order chi connectivity index (χ1) is 16.2. The molecule has 2 bridgehead atoms. The molecule has 3 saturated carbocycles. The molecular weight excluding hydrogens is 448 g/mol. The largest absolute Gasteiger partial charge is 0.460 e. The first-order valence-electron chi connectivity index (χ1n) is 12.6. The molecule has 4 rings (SSSR count). The van der Waals surface area contributed by atoms with Gasteiger partial charge in [0.15, 0.2) is 0 Å². The first-order valence-corrected chi connectivity index (χ1v) is 12.6. The van der Waals surface area contributed by atoms with Crippen molar-refractivity contribution in [2.45, 2.75) is 72.0 Å². The summed E-state index contributed by atoms with van der Waals surface area (Å²) >= 11 is 0. The molecule has 0 radical (unpaired) electrons. The van der Waals surface area contributed by atoms with Crippen LogP contribution >= 0.6 is 0 Å². The Morgan fingerprint density at radius 3 is 2.49 bits per heavy atom. The number of rotatable bonds is 5. The van der Waals surface area contributed by atoms with Crippen molar-refractivity contribution in [1.82, 2.24) is 0 Å². The molecule has 0 aromatic heterocycles. The number of aliphatic hydroxyl groups excluding tert-OH is 1. The number of ketones is 1. The molecule has 3 aliphatic carbocycles. The number of anilines is 2. The summed E-state index contributed by atoms with van der Waals surface area (Å²) in [6.07, 6.45) is 3.66. The smallest absolute Gasteiger partial charge is 0.325 e. The monoisotopic (exact) mass is 486 g/mol. The van der Waals surface area contributed by atoms with Gasteiger partial charge in [-0.05, 0) is 42.9 Å². The molecule has 1 aromatic rings. The van der Waals surface area contributed by atoms with E-state index in [1.165, 1.54) is 11.9 Å². The van der Waals surface area contributed by atoms with Gasteiger partial charge in [0, 0.05) is 30.2 Å². The van der Waals surface area contributed by atoms with Crippen molar-refractivity contribution in [3.63, 3.8) is 0 Å². The van der Waals surface area contributed by atoms with Crippen LogP contribution in [0.25, 0.3) is 0 Å². The van der Waals surface area contributed by atoms with Gasteiger partial charge in [0.2, 0.25) is 0 Å². The zero-order valence-electron chi connectivity index (χ0n) is 21.4. The number of esters is 1. The van der Waals surface area contributed by atoms with Crippen molar-refractivity contribution in [2.75, 3.05) is 24.2 Å². The second-order valence-electron chi connectivity index (χ2n) is 11.8. The van der Waals surface area contributed by atoms with Crippen LogP contribution in [0.5, 0.6) is 0 Å². The van der Waals surface area contributed by atoms with E-state index in [-0.39, 0.29) is 46.9 Å². The number of carbonyl (C=O) groups excluding carboxylic acids is 2. The highest BCUT2D eigenvalue weighted by molar-refractivity contribution is 5.86. The lowest BCUT2D eigenvalue weighted by atomic mass is 9.44. The summed E-state index contributed by atoms with van der Waals surface area (Å²) in [4.78, 5) is 51.4. The van der Waals surface area contributed by atoms with Gasteiger partial charge in [-0.2, -0.15) is 0 Å². The van der Waals surface area contributed by atoms with Crippen LogP contribution in [-0.4, -0.2) is 42.7 Å². The second-order valence-corrected chi connectivity index (χ2v) is 11.8. The van der Waals surface area contributed by atoms with Gasteiger partial charge in [-0.3, -0.25) is 19.2 Å². The molecule has 8 heteroatoms. The second kappa shape index (κ2) is 8.29. The summed E-state index contributed by atoms with van der Waals surface area (Å²) in [5.41, 5.74) is 2.39. The Hall–Kier alpha value is -2.48. The van der Waals surface area contributed by atoms with E-state index in [0.717, 1.165) is 19.3 Å². The molecule has 0 amide bonds. The van der Waals surface area contributed by atoms with Crippen molar-refractivity contribution in [3.05, 3.63) is 33.1 Å².